The number of carbonyl (C=O) groups is 1. The summed E-state index contributed by atoms with van der Waals surface area (Å²) in [6.45, 7) is 5.92. The number of rotatable bonds is 7. The van der Waals surface area contributed by atoms with Crippen molar-refractivity contribution in [2.75, 3.05) is 5.32 Å². The van der Waals surface area contributed by atoms with E-state index in [0.29, 0.717) is 16.2 Å². The number of amides is 1. The Labute approximate surface area is 189 Å². The van der Waals surface area contributed by atoms with Crippen molar-refractivity contribution in [1.29, 1.82) is 0 Å². The molecule has 1 N–H and O–H groups in total. The molecule has 2 aromatic carbocycles. The monoisotopic (exact) mass is 450 g/mol. The number of carbonyl (C=O) groups excluding carboxylic acids is 1. The minimum absolute atomic E-state index is 0.164. The van der Waals surface area contributed by atoms with Gasteiger partial charge in [-0.2, -0.15) is 0 Å². The number of aryl methyl sites for hydroxylation is 2. The number of thiazole rings is 1. The van der Waals surface area contributed by atoms with E-state index in [-0.39, 0.29) is 5.91 Å². The van der Waals surface area contributed by atoms with E-state index in [9.17, 15) is 4.79 Å². The van der Waals surface area contributed by atoms with E-state index in [1.54, 1.807) is 6.92 Å². The number of thioether (sulfide) groups is 1. The molecule has 0 spiro atoms. The van der Waals surface area contributed by atoms with Gasteiger partial charge < -0.3 is 9.73 Å². The molecule has 2 aromatic heterocycles. The highest BCUT2D eigenvalue weighted by molar-refractivity contribution is 8.00. The first kappa shape index (κ1) is 21.3. The Kier molecular flexibility index (Phi) is 6.48. The van der Waals surface area contributed by atoms with Crippen LogP contribution in [0.2, 0.25) is 0 Å². The fourth-order valence-electron chi connectivity index (χ4n) is 2.97. The van der Waals surface area contributed by atoms with Gasteiger partial charge in [-0.05, 0) is 37.5 Å². The maximum atomic E-state index is 12.6. The Morgan fingerprint density at radius 3 is 2.68 bits per heavy atom. The Hall–Kier alpha value is -2.97. The minimum atomic E-state index is -0.415. The fraction of sp³-hybridized carbons (Fsp3) is 0.217. The number of anilines is 1. The summed E-state index contributed by atoms with van der Waals surface area (Å²) in [6, 6.07) is 16.1. The van der Waals surface area contributed by atoms with Crippen LogP contribution in [0.4, 0.5) is 5.13 Å². The smallest absolute Gasteiger partial charge is 0.277 e. The molecule has 0 fully saturated rings. The van der Waals surface area contributed by atoms with Crippen LogP contribution in [0.1, 0.15) is 25.0 Å². The van der Waals surface area contributed by atoms with Gasteiger partial charge in [-0.1, -0.05) is 61.2 Å². The zero-order valence-electron chi connectivity index (χ0n) is 17.5. The van der Waals surface area contributed by atoms with Crippen LogP contribution < -0.4 is 5.32 Å². The average Bonchev–Trinajstić information content (AvgIpc) is 3.44. The van der Waals surface area contributed by atoms with E-state index in [4.69, 9.17) is 4.42 Å². The minimum Gasteiger partial charge on any atom is -0.411 e. The predicted molar refractivity (Wildman–Crippen MR) is 125 cm³/mol. The van der Waals surface area contributed by atoms with Gasteiger partial charge in [0.15, 0.2) is 5.13 Å². The van der Waals surface area contributed by atoms with Crippen LogP contribution >= 0.6 is 23.1 Å². The van der Waals surface area contributed by atoms with Gasteiger partial charge in [0.05, 0.1) is 10.9 Å². The number of benzene rings is 2. The van der Waals surface area contributed by atoms with Crippen molar-refractivity contribution in [2.24, 2.45) is 0 Å². The quantitative estimate of drug-likeness (QED) is 0.356. The topological polar surface area (TPSA) is 80.9 Å². The van der Waals surface area contributed by atoms with Crippen LogP contribution in [-0.2, 0) is 11.2 Å². The molecule has 4 aromatic rings. The maximum Gasteiger partial charge on any atom is 0.277 e. The van der Waals surface area contributed by atoms with Crippen molar-refractivity contribution in [2.45, 2.75) is 37.7 Å². The molecule has 1 unspecified atom stereocenters. The average molecular weight is 451 g/mol. The first-order valence-electron chi connectivity index (χ1n) is 9.95. The van der Waals surface area contributed by atoms with Gasteiger partial charge in [0.2, 0.25) is 11.8 Å². The molecule has 8 heteroatoms. The molecule has 0 aliphatic carbocycles. The third-order valence-corrected chi connectivity index (χ3v) is 6.51. The van der Waals surface area contributed by atoms with Crippen molar-refractivity contribution in [3.63, 3.8) is 0 Å². The van der Waals surface area contributed by atoms with Gasteiger partial charge in [-0.25, -0.2) is 4.98 Å². The zero-order valence-corrected chi connectivity index (χ0v) is 19.1. The Morgan fingerprint density at radius 2 is 1.94 bits per heavy atom. The van der Waals surface area contributed by atoms with Crippen LogP contribution in [-0.4, -0.2) is 26.3 Å². The molecule has 0 saturated carbocycles. The third-order valence-electron chi connectivity index (χ3n) is 4.82. The summed E-state index contributed by atoms with van der Waals surface area (Å²) in [7, 11) is 0. The lowest BCUT2D eigenvalue weighted by molar-refractivity contribution is -0.115. The summed E-state index contributed by atoms with van der Waals surface area (Å²) in [5.41, 5.74) is 5.11. The van der Waals surface area contributed by atoms with E-state index in [1.807, 2.05) is 36.6 Å². The first-order chi connectivity index (χ1) is 15.0. The van der Waals surface area contributed by atoms with Crippen molar-refractivity contribution in [1.82, 2.24) is 15.2 Å². The largest absolute Gasteiger partial charge is 0.411 e. The second kappa shape index (κ2) is 9.45. The van der Waals surface area contributed by atoms with Crippen molar-refractivity contribution < 1.29 is 9.21 Å². The molecule has 31 heavy (non-hydrogen) atoms. The van der Waals surface area contributed by atoms with Gasteiger partial charge >= 0.3 is 0 Å². The molecule has 0 aliphatic heterocycles. The van der Waals surface area contributed by atoms with Crippen LogP contribution in [0.3, 0.4) is 0 Å². The second-order valence-corrected chi connectivity index (χ2v) is 9.18. The van der Waals surface area contributed by atoms with Crippen molar-refractivity contribution in [3.8, 4) is 22.7 Å². The fourth-order valence-corrected chi connectivity index (χ4v) is 4.37. The molecule has 2 heterocycles. The molecule has 6 nitrogen and oxygen atoms in total. The second-order valence-electron chi connectivity index (χ2n) is 7.03. The van der Waals surface area contributed by atoms with E-state index < -0.39 is 5.25 Å². The van der Waals surface area contributed by atoms with Gasteiger partial charge in [0.1, 0.15) is 0 Å². The van der Waals surface area contributed by atoms with Crippen molar-refractivity contribution >= 4 is 34.1 Å². The lowest BCUT2D eigenvalue weighted by Crippen LogP contribution is -2.22. The summed E-state index contributed by atoms with van der Waals surface area (Å²) in [5.74, 6) is 0.287. The Morgan fingerprint density at radius 1 is 1.16 bits per heavy atom. The van der Waals surface area contributed by atoms with Gasteiger partial charge in [-0.15, -0.1) is 21.5 Å². The van der Waals surface area contributed by atoms with Gasteiger partial charge in [0, 0.05) is 16.5 Å². The highest BCUT2D eigenvalue weighted by atomic mass is 32.2. The molecule has 4 rings (SSSR count). The normalized spacial score (nSPS) is 12.0. The van der Waals surface area contributed by atoms with E-state index in [0.717, 1.165) is 28.8 Å². The molecular formula is C23H22N4O2S2. The first-order valence-corrected chi connectivity index (χ1v) is 11.7. The van der Waals surface area contributed by atoms with Crippen molar-refractivity contribution in [3.05, 3.63) is 65.0 Å². The lowest BCUT2D eigenvalue weighted by atomic mass is 10.1. The SMILES string of the molecule is CCc1ccc(-c2csc(NC(=O)C(C)Sc3nnc(-c4ccccc4C)o3)n2)cc1. The molecule has 1 amide bonds. The molecule has 158 valence electrons. The maximum absolute atomic E-state index is 12.6. The van der Waals surface area contributed by atoms with Crippen LogP contribution in [0, 0.1) is 6.92 Å². The van der Waals surface area contributed by atoms with Crippen LogP contribution in [0.15, 0.2) is 63.6 Å². The highest BCUT2D eigenvalue weighted by Crippen LogP contribution is 2.29. The molecule has 0 bridgehead atoms. The summed E-state index contributed by atoms with van der Waals surface area (Å²) in [5, 5.41) is 13.5. The standard InChI is InChI=1S/C23H22N4O2S2/c1-4-16-9-11-17(12-10-16)19-13-30-22(24-19)25-20(28)15(3)31-23-27-26-21(29-23)18-8-6-5-7-14(18)2/h5-13,15H,4H2,1-3H3,(H,24,25,28). The van der Waals surface area contributed by atoms with Gasteiger partial charge in [0.25, 0.3) is 5.22 Å². The molecule has 0 saturated heterocycles. The lowest BCUT2D eigenvalue weighted by Gasteiger charge is -2.07. The number of hydrogen-bond acceptors (Lipinski definition) is 7. The Bertz CT molecular complexity index is 1180. The Balaban J connectivity index is 1.38. The predicted octanol–water partition coefficient (Wildman–Crippen LogP) is 5.85. The van der Waals surface area contributed by atoms with Crippen LogP contribution in [0.25, 0.3) is 22.7 Å². The summed E-state index contributed by atoms with van der Waals surface area (Å²) in [6.07, 6.45) is 1.00. The van der Waals surface area contributed by atoms with Crippen LogP contribution in [0.5, 0.6) is 0 Å². The zero-order chi connectivity index (χ0) is 21.8. The van der Waals surface area contributed by atoms with E-state index >= 15 is 0 Å². The van der Waals surface area contributed by atoms with E-state index in [2.05, 4.69) is 51.7 Å². The number of aromatic nitrogens is 3. The van der Waals surface area contributed by atoms with Gasteiger partial charge in [-0.3, -0.25) is 4.79 Å². The number of hydrogen-bond donors (Lipinski definition) is 1. The highest BCUT2D eigenvalue weighted by Gasteiger charge is 2.20. The molecule has 0 aliphatic rings. The molecular weight excluding hydrogens is 428 g/mol. The summed E-state index contributed by atoms with van der Waals surface area (Å²) >= 11 is 2.63. The number of nitrogens with zero attached hydrogens (tertiary/aromatic N) is 3. The third kappa shape index (κ3) is 5.03. The molecule has 1 atom stereocenters. The molecule has 0 radical (unpaired) electrons. The van der Waals surface area contributed by atoms with E-state index in [1.165, 1.54) is 28.7 Å². The number of nitrogens with one attached hydrogen (secondary N) is 1. The summed E-state index contributed by atoms with van der Waals surface area (Å²) < 4.78 is 5.75. The summed E-state index contributed by atoms with van der Waals surface area (Å²) in [4.78, 5) is 17.2.